The number of benzene rings is 1. The van der Waals surface area contributed by atoms with E-state index in [1.54, 1.807) is 12.1 Å². The molecule has 2 aromatic rings. The van der Waals surface area contributed by atoms with Crippen LogP contribution in [0.15, 0.2) is 36.4 Å². The minimum atomic E-state index is -0.349. The summed E-state index contributed by atoms with van der Waals surface area (Å²) >= 11 is 1.27. The van der Waals surface area contributed by atoms with Crippen LogP contribution in [0.4, 0.5) is 5.00 Å². The quantitative estimate of drug-likeness (QED) is 0.669. The van der Waals surface area contributed by atoms with Crippen molar-refractivity contribution in [2.24, 2.45) is 0 Å². The summed E-state index contributed by atoms with van der Waals surface area (Å²) in [5, 5.41) is 0.630. The molecule has 0 aliphatic heterocycles. The largest absolute Gasteiger partial charge is 0.422 e. The van der Waals surface area contributed by atoms with Gasteiger partial charge >= 0.3 is 5.97 Å². The molecule has 0 saturated heterocycles. The fourth-order valence-corrected chi connectivity index (χ4v) is 2.77. The first-order chi connectivity index (χ1) is 8.88. The van der Waals surface area contributed by atoms with E-state index in [-0.39, 0.29) is 11.4 Å². The number of nitrogen functional groups attached to an aromatic ring is 1. The molecule has 0 unspecified atom stereocenters. The Morgan fingerprint density at radius 1 is 1.21 bits per heavy atom. The van der Waals surface area contributed by atoms with Crippen molar-refractivity contribution in [1.29, 1.82) is 0 Å². The molecule has 0 fully saturated rings. The highest BCUT2D eigenvalue weighted by molar-refractivity contribution is 7.17. The lowest BCUT2D eigenvalue weighted by Gasteiger charge is -2.18. The molecule has 0 amide bonds. The van der Waals surface area contributed by atoms with Crippen molar-refractivity contribution in [3.05, 3.63) is 46.8 Å². The van der Waals surface area contributed by atoms with Gasteiger partial charge in [-0.15, -0.1) is 11.3 Å². The molecule has 100 valence electrons. The summed E-state index contributed by atoms with van der Waals surface area (Å²) in [5.41, 5.74) is 6.61. The number of rotatable bonds is 2. The molecule has 4 heteroatoms. The lowest BCUT2D eigenvalue weighted by molar-refractivity contribution is 0.0737. The second-order valence-corrected chi connectivity index (χ2v) is 6.43. The van der Waals surface area contributed by atoms with Crippen LogP contribution >= 0.6 is 11.3 Å². The third-order valence-electron chi connectivity index (χ3n) is 2.70. The summed E-state index contributed by atoms with van der Waals surface area (Å²) in [4.78, 5) is 12.8. The van der Waals surface area contributed by atoms with E-state index in [1.165, 1.54) is 11.3 Å². The summed E-state index contributed by atoms with van der Waals surface area (Å²) in [5.74, 6) is 0.192. The Morgan fingerprint density at radius 3 is 2.42 bits per heavy atom. The van der Waals surface area contributed by atoms with Crippen LogP contribution in [0.5, 0.6) is 5.75 Å². The van der Waals surface area contributed by atoms with Gasteiger partial charge in [0.2, 0.25) is 0 Å². The van der Waals surface area contributed by atoms with Gasteiger partial charge in [0.25, 0.3) is 0 Å². The Balaban J connectivity index is 2.30. The zero-order valence-corrected chi connectivity index (χ0v) is 12.1. The van der Waals surface area contributed by atoms with Crippen LogP contribution in [0.1, 0.15) is 36.0 Å². The zero-order valence-electron chi connectivity index (χ0n) is 11.3. The lowest BCUT2D eigenvalue weighted by Crippen LogP contribution is -2.17. The van der Waals surface area contributed by atoms with Gasteiger partial charge in [-0.05, 0) is 29.2 Å². The van der Waals surface area contributed by atoms with Crippen LogP contribution in [-0.2, 0) is 5.41 Å². The van der Waals surface area contributed by atoms with Crippen LogP contribution in [0, 0.1) is 0 Å². The second-order valence-electron chi connectivity index (χ2n) is 5.34. The third-order valence-corrected chi connectivity index (χ3v) is 3.64. The van der Waals surface area contributed by atoms with Gasteiger partial charge in [0.05, 0.1) is 5.00 Å². The molecule has 2 N–H and O–H groups in total. The van der Waals surface area contributed by atoms with E-state index >= 15 is 0 Å². The van der Waals surface area contributed by atoms with Gasteiger partial charge in [0.15, 0.2) is 0 Å². The smallest absolute Gasteiger partial charge is 0.354 e. The number of ether oxygens (including phenoxy) is 1. The van der Waals surface area contributed by atoms with Crippen LogP contribution in [0.2, 0.25) is 0 Å². The van der Waals surface area contributed by atoms with E-state index in [9.17, 15) is 4.79 Å². The number of thiophene rings is 1. The van der Waals surface area contributed by atoms with Crippen molar-refractivity contribution in [2.75, 3.05) is 5.73 Å². The molecule has 0 aliphatic carbocycles. The Morgan fingerprint density at radius 2 is 1.84 bits per heavy atom. The van der Waals surface area contributed by atoms with E-state index in [2.05, 4.69) is 0 Å². The molecule has 3 nitrogen and oxygen atoms in total. The average molecular weight is 275 g/mol. The van der Waals surface area contributed by atoms with Gasteiger partial charge in [-0.2, -0.15) is 0 Å². The molecule has 0 spiro atoms. The first kappa shape index (κ1) is 13.6. The number of carbonyl (C=O) groups excluding carboxylic acids is 1. The van der Waals surface area contributed by atoms with Crippen LogP contribution in [0.3, 0.4) is 0 Å². The van der Waals surface area contributed by atoms with E-state index in [0.717, 1.165) is 5.56 Å². The first-order valence-corrected chi connectivity index (χ1v) is 6.86. The Labute approximate surface area is 117 Å². The van der Waals surface area contributed by atoms with Crippen LogP contribution in [0.25, 0.3) is 0 Å². The molecule has 0 radical (unpaired) electrons. The molecule has 0 atom stereocenters. The zero-order chi connectivity index (χ0) is 14.0. The van der Waals surface area contributed by atoms with Crippen molar-refractivity contribution in [1.82, 2.24) is 0 Å². The van der Waals surface area contributed by atoms with Crippen molar-refractivity contribution >= 4 is 22.3 Å². The van der Waals surface area contributed by atoms with E-state index in [4.69, 9.17) is 10.5 Å². The molecule has 2 rings (SSSR count). The van der Waals surface area contributed by atoms with Crippen molar-refractivity contribution in [3.8, 4) is 5.75 Å². The number of anilines is 1. The van der Waals surface area contributed by atoms with Crippen molar-refractivity contribution in [2.45, 2.75) is 26.2 Å². The number of hydrogen-bond acceptors (Lipinski definition) is 4. The summed E-state index contributed by atoms with van der Waals surface area (Å²) in [7, 11) is 0. The minimum absolute atomic E-state index is 0.140. The summed E-state index contributed by atoms with van der Waals surface area (Å²) < 4.78 is 5.37. The maximum absolute atomic E-state index is 12.2. The summed E-state index contributed by atoms with van der Waals surface area (Å²) in [6.07, 6.45) is 0. The normalized spacial score (nSPS) is 11.3. The second kappa shape index (κ2) is 5.05. The number of nitrogens with two attached hydrogens (primary N) is 1. The molecular formula is C15H17NO2S. The van der Waals surface area contributed by atoms with Gasteiger partial charge in [-0.1, -0.05) is 39.0 Å². The van der Waals surface area contributed by atoms with E-state index in [1.807, 2.05) is 45.0 Å². The topological polar surface area (TPSA) is 52.3 Å². The third kappa shape index (κ3) is 3.15. The number of esters is 1. The first-order valence-electron chi connectivity index (χ1n) is 6.05. The van der Waals surface area contributed by atoms with Gasteiger partial charge in [0, 0.05) is 0 Å². The molecular weight excluding hydrogens is 258 g/mol. The monoisotopic (exact) mass is 275 g/mol. The van der Waals surface area contributed by atoms with Gasteiger partial charge in [-0.3, -0.25) is 0 Å². The molecule has 1 aromatic heterocycles. The van der Waals surface area contributed by atoms with Gasteiger partial charge < -0.3 is 10.5 Å². The maximum Gasteiger partial charge on any atom is 0.354 e. The average Bonchev–Trinajstić information content (AvgIpc) is 2.72. The van der Waals surface area contributed by atoms with Crippen molar-refractivity contribution in [3.63, 3.8) is 0 Å². The number of para-hydroxylation sites is 1. The van der Waals surface area contributed by atoms with Crippen LogP contribution in [-0.4, -0.2) is 5.97 Å². The number of hydrogen-bond donors (Lipinski definition) is 1. The molecule has 1 heterocycles. The SMILES string of the molecule is CC(C)(C)c1cc(N)sc1C(=O)Oc1ccccc1. The minimum Gasteiger partial charge on any atom is -0.422 e. The summed E-state index contributed by atoms with van der Waals surface area (Å²) in [6, 6.07) is 10.9. The van der Waals surface area contributed by atoms with Gasteiger partial charge in [0.1, 0.15) is 10.6 Å². The Hall–Kier alpha value is -1.81. The highest BCUT2D eigenvalue weighted by Gasteiger charge is 2.25. The molecule has 19 heavy (non-hydrogen) atoms. The predicted molar refractivity (Wildman–Crippen MR) is 78.8 cm³/mol. The van der Waals surface area contributed by atoms with E-state index in [0.29, 0.717) is 15.6 Å². The highest BCUT2D eigenvalue weighted by atomic mass is 32.1. The summed E-state index contributed by atoms with van der Waals surface area (Å²) in [6.45, 7) is 6.15. The van der Waals surface area contributed by atoms with E-state index < -0.39 is 0 Å². The number of carbonyl (C=O) groups is 1. The Bertz CT molecular complexity index is 582. The fraction of sp³-hybridized carbons (Fsp3) is 0.267. The van der Waals surface area contributed by atoms with Gasteiger partial charge in [-0.25, -0.2) is 4.79 Å². The fourth-order valence-electron chi connectivity index (χ4n) is 1.76. The highest BCUT2D eigenvalue weighted by Crippen LogP contribution is 2.34. The van der Waals surface area contributed by atoms with Crippen LogP contribution < -0.4 is 10.5 Å². The lowest BCUT2D eigenvalue weighted by atomic mass is 9.87. The molecule has 0 aliphatic rings. The molecule has 1 aromatic carbocycles. The standard InChI is InChI=1S/C15H17NO2S/c1-15(2,3)11-9-12(16)19-13(11)14(17)18-10-7-5-4-6-8-10/h4-9H,16H2,1-3H3. The molecule has 0 bridgehead atoms. The predicted octanol–water partition coefficient (Wildman–Crippen LogP) is 3.85. The Kier molecular flexibility index (Phi) is 3.62. The van der Waals surface area contributed by atoms with Crippen molar-refractivity contribution < 1.29 is 9.53 Å². The maximum atomic E-state index is 12.2. The molecule has 0 saturated carbocycles.